The number of anilines is 1. The maximum atomic E-state index is 12.9. The average Bonchev–Trinajstić information content (AvgIpc) is 2.64. The van der Waals surface area contributed by atoms with E-state index in [-0.39, 0.29) is 5.91 Å². The summed E-state index contributed by atoms with van der Waals surface area (Å²) >= 11 is 0. The minimum Gasteiger partial charge on any atom is -0.444 e. The highest BCUT2D eigenvalue weighted by atomic mass is 16.6. The fraction of sp³-hybridized carbons (Fsp3) is 0.364. The number of alkyl carbamates (subject to hydrolysis) is 1. The monoisotopic (exact) mass is 383 g/mol. The van der Waals surface area contributed by atoms with Gasteiger partial charge >= 0.3 is 6.09 Å². The zero-order valence-electron chi connectivity index (χ0n) is 17.1. The molecule has 0 fully saturated rings. The molecule has 0 aromatic heterocycles. The maximum Gasteiger partial charge on any atom is 0.408 e. The lowest BCUT2D eigenvalue weighted by molar-refractivity contribution is -0.122. The number of amides is 2. The summed E-state index contributed by atoms with van der Waals surface area (Å²) in [5, 5.41) is 2.66. The van der Waals surface area contributed by atoms with Crippen LogP contribution in [0.2, 0.25) is 0 Å². The van der Waals surface area contributed by atoms with Gasteiger partial charge in [0.15, 0.2) is 0 Å². The molecule has 0 radical (unpaired) electrons. The zero-order valence-corrected chi connectivity index (χ0v) is 17.1. The third kappa shape index (κ3) is 6.01. The summed E-state index contributed by atoms with van der Waals surface area (Å²) < 4.78 is 5.31. The molecule has 0 aliphatic heterocycles. The van der Waals surface area contributed by atoms with Gasteiger partial charge in [0, 0.05) is 0 Å². The number of hydrogen-bond acceptors (Lipinski definition) is 4. The number of benzene rings is 2. The van der Waals surface area contributed by atoms with Gasteiger partial charge in [0.25, 0.3) is 5.91 Å². The van der Waals surface area contributed by atoms with Crippen LogP contribution in [0.4, 0.5) is 10.5 Å². The molecule has 0 saturated carbocycles. The molecule has 1 unspecified atom stereocenters. The van der Waals surface area contributed by atoms with Crippen molar-refractivity contribution in [2.75, 3.05) is 5.43 Å². The molecular formula is C22H29N3O3. The molecule has 0 aliphatic rings. The number of carbonyl (C=O) groups is 2. The van der Waals surface area contributed by atoms with E-state index in [1.807, 2.05) is 43.3 Å². The molecule has 3 N–H and O–H groups in total. The molecule has 2 rings (SSSR count). The predicted octanol–water partition coefficient (Wildman–Crippen LogP) is 4.27. The van der Waals surface area contributed by atoms with Crippen molar-refractivity contribution in [1.82, 2.24) is 10.7 Å². The molecule has 1 atom stereocenters. The number of hydrazine groups is 1. The fourth-order valence-corrected chi connectivity index (χ4v) is 2.77. The van der Waals surface area contributed by atoms with E-state index in [1.54, 1.807) is 32.9 Å². The molecule has 0 aliphatic carbocycles. The molecule has 6 nitrogen and oxygen atoms in total. The third-order valence-electron chi connectivity index (χ3n) is 4.11. The Labute approximate surface area is 166 Å². The summed E-state index contributed by atoms with van der Waals surface area (Å²) in [7, 11) is 0. The molecule has 0 bridgehead atoms. The summed E-state index contributed by atoms with van der Waals surface area (Å²) in [6.07, 6.45) is 0.180. The predicted molar refractivity (Wildman–Crippen MR) is 111 cm³/mol. The summed E-state index contributed by atoms with van der Waals surface area (Å²) in [5.74, 6) is -0.387. The summed E-state index contributed by atoms with van der Waals surface area (Å²) in [6.45, 7) is 9.35. The first-order valence-electron chi connectivity index (χ1n) is 9.40. The van der Waals surface area contributed by atoms with Crippen molar-refractivity contribution in [2.45, 2.75) is 52.7 Å². The van der Waals surface area contributed by atoms with Gasteiger partial charge in [0.05, 0.1) is 5.69 Å². The van der Waals surface area contributed by atoms with Crippen molar-refractivity contribution in [3.63, 3.8) is 0 Å². The second kappa shape index (κ2) is 9.26. The second-order valence-electron chi connectivity index (χ2n) is 7.57. The molecule has 28 heavy (non-hydrogen) atoms. The van der Waals surface area contributed by atoms with Crippen LogP contribution in [-0.4, -0.2) is 17.6 Å². The van der Waals surface area contributed by atoms with Crippen molar-refractivity contribution in [1.29, 1.82) is 0 Å². The van der Waals surface area contributed by atoms with E-state index in [2.05, 4.69) is 23.1 Å². The normalized spacial score (nSPS) is 12.0. The van der Waals surface area contributed by atoms with Crippen molar-refractivity contribution < 1.29 is 14.3 Å². The Morgan fingerprint density at radius 1 is 1.04 bits per heavy atom. The van der Waals surface area contributed by atoms with Gasteiger partial charge in [-0.3, -0.25) is 15.6 Å². The van der Waals surface area contributed by atoms with Crippen molar-refractivity contribution in [2.24, 2.45) is 0 Å². The largest absolute Gasteiger partial charge is 0.444 e. The van der Waals surface area contributed by atoms with E-state index in [1.165, 1.54) is 0 Å². The molecule has 2 aromatic carbocycles. The Kier molecular flexibility index (Phi) is 7.04. The Morgan fingerprint density at radius 2 is 1.71 bits per heavy atom. The van der Waals surface area contributed by atoms with E-state index in [4.69, 9.17) is 4.74 Å². The van der Waals surface area contributed by atoms with Crippen LogP contribution in [0.3, 0.4) is 0 Å². The Morgan fingerprint density at radius 3 is 2.32 bits per heavy atom. The SMILES string of the molecule is CCc1cccc(C)c1NNC(=O)C(NC(=O)OC(C)(C)C)c1ccccc1. The van der Waals surface area contributed by atoms with Gasteiger partial charge in [0.2, 0.25) is 0 Å². The van der Waals surface area contributed by atoms with Gasteiger partial charge in [-0.2, -0.15) is 0 Å². The van der Waals surface area contributed by atoms with Crippen LogP contribution in [0, 0.1) is 6.92 Å². The Hall–Kier alpha value is -3.02. The van der Waals surface area contributed by atoms with Crippen molar-refractivity contribution in [3.8, 4) is 0 Å². The number of nitrogens with one attached hydrogen (secondary N) is 3. The van der Waals surface area contributed by atoms with E-state index < -0.39 is 17.7 Å². The first-order valence-corrected chi connectivity index (χ1v) is 9.40. The lowest BCUT2D eigenvalue weighted by Crippen LogP contribution is -2.44. The molecule has 150 valence electrons. The van der Waals surface area contributed by atoms with Crippen molar-refractivity contribution in [3.05, 3.63) is 65.2 Å². The molecule has 0 saturated heterocycles. The number of aryl methyl sites for hydroxylation is 2. The first-order chi connectivity index (χ1) is 13.2. The van der Waals surface area contributed by atoms with Gasteiger partial charge in [-0.25, -0.2) is 4.79 Å². The minimum atomic E-state index is -0.891. The van der Waals surface area contributed by atoms with Crippen LogP contribution in [0.1, 0.15) is 50.4 Å². The van der Waals surface area contributed by atoms with Gasteiger partial charge < -0.3 is 10.1 Å². The van der Waals surface area contributed by atoms with Gasteiger partial charge in [-0.15, -0.1) is 0 Å². The molecule has 2 amide bonds. The molecule has 0 spiro atoms. The number of para-hydroxylation sites is 1. The van der Waals surface area contributed by atoms with Gasteiger partial charge in [0.1, 0.15) is 11.6 Å². The quantitative estimate of drug-likeness (QED) is 0.651. The van der Waals surface area contributed by atoms with Crippen LogP contribution in [0.5, 0.6) is 0 Å². The molecule has 0 heterocycles. The smallest absolute Gasteiger partial charge is 0.408 e. The standard InChI is InChI=1S/C22H29N3O3/c1-6-16-14-10-11-15(2)18(16)24-25-20(26)19(17-12-8-7-9-13-17)23-21(27)28-22(3,4)5/h7-14,19,24H,6H2,1-5H3,(H,23,27)(H,25,26). The summed E-state index contributed by atoms with van der Waals surface area (Å²) in [5.41, 5.74) is 8.72. The average molecular weight is 383 g/mol. The zero-order chi connectivity index (χ0) is 20.7. The van der Waals surface area contributed by atoms with Crippen LogP contribution in [0.25, 0.3) is 0 Å². The van der Waals surface area contributed by atoms with E-state index in [0.29, 0.717) is 5.56 Å². The topological polar surface area (TPSA) is 79.5 Å². The van der Waals surface area contributed by atoms with E-state index in [0.717, 1.165) is 23.2 Å². The number of ether oxygens (including phenoxy) is 1. The van der Waals surface area contributed by atoms with Crippen LogP contribution < -0.4 is 16.2 Å². The number of carbonyl (C=O) groups excluding carboxylic acids is 2. The molecular weight excluding hydrogens is 354 g/mol. The summed E-state index contributed by atoms with van der Waals surface area (Å²) in [6, 6.07) is 14.1. The van der Waals surface area contributed by atoms with Gasteiger partial charge in [-0.05, 0) is 50.8 Å². The lowest BCUT2D eigenvalue weighted by Gasteiger charge is -2.24. The van der Waals surface area contributed by atoms with Gasteiger partial charge in [-0.1, -0.05) is 55.5 Å². The van der Waals surface area contributed by atoms with Crippen LogP contribution >= 0.6 is 0 Å². The summed E-state index contributed by atoms with van der Waals surface area (Å²) in [4.78, 5) is 25.1. The number of hydrogen-bond donors (Lipinski definition) is 3. The van der Waals surface area contributed by atoms with Crippen molar-refractivity contribution >= 4 is 17.7 Å². The fourth-order valence-electron chi connectivity index (χ4n) is 2.77. The molecule has 6 heteroatoms. The Bertz CT molecular complexity index is 814. The second-order valence-corrected chi connectivity index (χ2v) is 7.57. The number of rotatable bonds is 6. The highest BCUT2D eigenvalue weighted by molar-refractivity contribution is 5.88. The third-order valence-corrected chi connectivity index (χ3v) is 4.11. The highest BCUT2D eigenvalue weighted by Crippen LogP contribution is 2.21. The van der Waals surface area contributed by atoms with E-state index >= 15 is 0 Å². The first kappa shape index (κ1) is 21.3. The van der Waals surface area contributed by atoms with Crippen LogP contribution in [0.15, 0.2) is 48.5 Å². The Balaban J connectivity index is 2.17. The molecule has 2 aromatic rings. The minimum absolute atomic E-state index is 0.387. The van der Waals surface area contributed by atoms with Crippen LogP contribution in [-0.2, 0) is 16.0 Å². The maximum absolute atomic E-state index is 12.9. The highest BCUT2D eigenvalue weighted by Gasteiger charge is 2.26. The van der Waals surface area contributed by atoms with E-state index in [9.17, 15) is 9.59 Å². The lowest BCUT2D eigenvalue weighted by atomic mass is 10.1.